The van der Waals surface area contributed by atoms with E-state index in [-0.39, 0.29) is 17.3 Å². The van der Waals surface area contributed by atoms with Crippen molar-refractivity contribution in [3.8, 4) is 5.69 Å². The number of nitrogens with zero attached hydrogens (tertiary/aromatic N) is 3. The Labute approximate surface area is 183 Å². The number of rotatable bonds is 8. The van der Waals surface area contributed by atoms with Gasteiger partial charge in [0.2, 0.25) is 10.0 Å². The quantitative estimate of drug-likeness (QED) is 0.427. The van der Waals surface area contributed by atoms with Gasteiger partial charge in [0.05, 0.1) is 10.6 Å². The van der Waals surface area contributed by atoms with Gasteiger partial charge in [0.1, 0.15) is 12.7 Å². The zero-order valence-corrected chi connectivity index (χ0v) is 17.9. The lowest BCUT2D eigenvalue weighted by molar-refractivity contribution is 0.0951. The maximum Gasteiger partial charge on any atom is 0.251 e. The maximum absolute atomic E-state index is 12.4. The molecule has 0 aliphatic heterocycles. The number of carbonyl (C=O) groups excluding carboxylic acids is 1. The second-order valence-corrected chi connectivity index (χ2v) is 9.42. The third-order valence-electron chi connectivity index (χ3n) is 4.52. The third kappa shape index (κ3) is 5.23. The van der Waals surface area contributed by atoms with Crippen LogP contribution < -0.4 is 10.0 Å². The minimum absolute atomic E-state index is 0.115. The van der Waals surface area contributed by atoms with Gasteiger partial charge in [-0.25, -0.2) is 22.8 Å². The molecule has 0 radical (unpaired) electrons. The van der Waals surface area contributed by atoms with Crippen LogP contribution in [0.4, 0.5) is 0 Å². The van der Waals surface area contributed by atoms with Gasteiger partial charge >= 0.3 is 0 Å². The average Bonchev–Trinajstić information content (AvgIpc) is 3.51. The van der Waals surface area contributed by atoms with Gasteiger partial charge in [-0.3, -0.25) is 4.79 Å². The molecule has 1 amide bonds. The molecule has 0 aliphatic rings. The van der Waals surface area contributed by atoms with Crippen molar-refractivity contribution in [2.45, 2.75) is 18.0 Å². The molecule has 2 heterocycles. The van der Waals surface area contributed by atoms with Gasteiger partial charge in [0.25, 0.3) is 5.91 Å². The topological polar surface area (TPSA) is 106 Å². The Balaban J connectivity index is 1.33. The molecule has 0 fully saturated rings. The summed E-state index contributed by atoms with van der Waals surface area (Å²) in [5.74, 6) is -0.282. The summed E-state index contributed by atoms with van der Waals surface area (Å²) in [5.41, 5.74) is 2.18. The minimum Gasteiger partial charge on any atom is -0.348 e. The summed E-state index contributed by atoms with van der Waals surface area (Å²) in [5, 5.41) is 8.79. The maximum atomic E-state index is 12.4. The smallest absolute Gasteiger partial charge is 0.251 e. The molecule has 158 valence electrons. The van der Waals surface area contributed by atoms with Crippen LogP contribution in [0.3, 0.4) is 0 Å². The van der Waals surface area contributed by atoms with E-state index >= 15 is 0 Å². The first kappa shape index (κ1) is 20.9. The molecule has 0 atom stereocenters. The molecule has 0 unspecified atom stereocenters. The Morgan fingerprint density at radius 1 is 1.00 bits per heavy atom. The van der Waals surface area contributed by atoms with Crippen molar-refractivity contribution in [2.24, 2.45) is 0 Å². The van der Waals surface area contributed by atoms with Crippen LogP contribution in [-0.4, -0.2) is 29.1 Å². The van der Waals surface area contributed by atoms with Gasteiger partial charge in [-0.15, -0.1) is 11.3 Å². The third-order valence-corrected chi connectivity index (χ3v) is 6.81. The summed E-state index contributed by atoms with van der Waals surface area (Å²) in [6.45, 7) is 0.580. The highest BCUT2D eigenvalue weighted by atomic mass is 32.2. The van der Waals surface area contributed by atoms with Gasteiger partial charge in [-0.2, -0.15) is 5.10 Å². The van der Waals surface area contributed by atoms with Crippen molar-refractivity contribution in [1.29, 1.82) is 0 Å². The van der Waals surface area contributed by atoms with E-state index in [1.54, 1.807) is 11.0 Å². The molecule has 0 aliphatic carbocycles. The van der Waals surface area contributed by atoms with Gasteiger partial charge in [0, 0.05) is 23.5 Å². The van der Waals surface area contributed by atoms with E-state index in [0.717, 1.165) is 16.1 Å². The Kier molecular flexibility index (Phi) is 6.21. The van der Waals surface area contributed by atoms with E-state index in [4.69, 9.17) is 0 Å². The van der Waals surface area contributed by atoms with Crippen LogP contribution >= 0.6 is 11.3 Å². The zero-order chi connectivity index (χ0) is 21.7. The van der Waals surface area contributed by atoms with Crippen molar-refractivity contribution >= 4 is 27.3 Å². The van der Waals surface area contributed by atoms with Gasteiger partial charge in [-0.1, -0.05) is 18.2 Å². The van der Waals surface area contributed by atoms with Crippen molar-refractivity contribution < 1.29 is 13.2 Å². The molecular formula is C21H19N5O3S2. The van der Waals surface area contributed by atoms with Crippen LogP contribution in [0.5, 0.6) is 0 Å². The normalized spacial score (nSPS) is 11.4. The molecule has 0 bridgehead atoms. The predicted octanol–water partition coefficient (Wildman–Crippen LogP) is 2.74. The highest BCUT2D eigenvalue weighted by molar-refractivity contribution is 7.89. The molecule has 0 spiro atoms. The van der Waals surface area contributed by atoms with Crippen LogP contribution in [-0.2, 0) is 23.1 Å². The first-order valence-electron chi connectivity index (χ1n) is 9.35. The number of carbonyl (C=O) groups is 1. The standard InChI is InChI=1S/C21H19N5O3S2/c27-21(23-12-16-3-7-18(8-4-16)26-15-22-14-24-26)17-5-9-20(10-6-17)31(28,29)25-13-19-2-1-11-30-19/h1-11,14-15,25H,12-13H2,(H,23,27). The van der Waals surface area contributed by atoms with Gasteiger partial charge in [-0.05, 0) is 53.4 Å². The lowest BCUT2D eigenvalue weighted by Crippen LogP contribution is -2.24. The van der Waals surface area contributed by atoms with E-state index in [1.807, 2.05) is 41.8 Å². The number of sulfonamides is 1. The molecule has 0 saturated carbocycles. The number of hydrogen-bond donors (Lipinski definition) is 2. The van der Waals surface area contributed by atoms with Crippen molar-refractivity contribution in [3.63, 3.8) is 0 Å². The van der Waals surface area contributed by atoms with Crippen molar-refractivity contribution in [3.05, 3.63) is 94.7 Å². The van der Waals surface area contributed by atoms with Crippen molar-refractivity contribution in [1.82, 2.24) is 24.8 Å². The van der Waals surface area contributed by atoms with E-state index in [9.17, 15) is 13.2 Å². The van der Waals surface area contributed by atoms with Crippen LogP contribution in [0, 0.1) is 0 Å². The Morgan fingerprint density at radius 2 is 1.77 bits per heavy atom. The second-order valence-electron chi connectivity index (χ2n) is 6.62. The number of hydrogen-bond acceptors (Lipinski definition) is 6. The first-order valence-corrected chi connectivity index (χ1v) is 11.7. The summed E-state index contributed by atoms with van der Waals surface area (Å²) in [6.07, 6.45) is 3.07. The Bertz CT molecular complexity index is 1240. The number of aromatic nitrogens is 3. The average molecular weight is 454 g/mol. The van der Waals surface area contributed by atoms with Crippen LogP contribution in [0.25, 0.3) is 5.69 Å². The summed E-state index contributed by atoms with van der Waals surface area (Å²) >= 11 is 1.48. The number of thiophene rings is 1. The number of nitrogens with one attached hydrogen (secondary N) is 2. The lowest BCUT2D eigenvalue weighted by atomic mass is 10.2. The van der Waals surface area contributed by atoms with E-state index in [1.165, 1.54) is 41.9 Å². The lowest BCUT2D eigenvalue weighted by Gasteiger charge is -2.08. The molecular weight excluding hydrogens is 434 g/mol. The molecule has 10 heteroatoms. The number of amides is 1. The fraction of sp³-hybridized carbons (Fsp3) is 0.0952. The second kappa shape index (κ2) is 9.21. The van der Waals surface area contributed by atoms with E-state index in [2.05, 4.69) is 20.1 Å². The molecule has 2 aromatic carbocycles. The molecule has 8 nitrogen and oxygen atoms in total. The molecule has 2 aromatic heterocycles. The summed E-state index contributed by atoms with van der Waals surface area (Å²) in [7, 11) is -3.64. The number of benzene rings is 2. The molecule has 31 heavy (non-hydrogen) atoms. The minimum atomic E-state index is -3.64. The van der Waals surface area contributed by atoms with Gasteiger partial charge < -0.3 is 5.32 Å². The summed E-state index contributed by atoms with van der Waals surface area (Å²) < 4.78 is 29.0. The van der Waals surface area contributed by atoms with Crippen LogP contribution in [0.1, 0.15) is 20.8 Å². The molecule has 4 rings (SSSR count). The van der Waals surface area contributed by atoms with E-state index in [0.29, 0.717) is 12.1 Å². The SMILES string of the molecule is O=C(NCc1ccc(-n2cncn2)cc1)c1ccc(S(=O)(=O)NCc2cccs2)cc1. The molecule has 2 N–H and O–H groups in total. The monoisotopic (exact) mass is 453 g/mol. The summed E-state index contributed by atoms with van der Waals surface area (Å²) in [4.78, 5) is 17.4. The van der Waals surface area contributed by atoms with Crippen molar-refractivity contribution in [2.75, 3.05) is 0 Å². The molecule has 4 aromatic rings. The first-order chi connectivity index (χ1) is 15.0. The fourth-order valence-electron chi connectivity index (χ4n) is 2.84. The zero-order valence-electron chi connectivity index (χ0n) is 16.3. The predicted molar refractivity (Wildman–Crippen MR) is 117 cm³/mol. The van der Waals surface area contributed by atoms with Crippen LogP contribution in [0.15, 0.2) is 83.6 Å². The Hall–Kier alpha value is -3.34. The summed E-state index contributed by atoms with van der Waals surface area (Å²) in [6, 6.07) is 17.2. The highest BCUT2D eigenvalue weighted by Gasteiger charge is 2.15. The Morgan fingerprint density at radius 3 is 2.42 bits per heavy atom. The van der Waals surface area contributed by atoms with Gasteiger partial charge in [0.15, 0.2) is 0 Å². The van der Waals surface area contributed by atoms with Crippen LogP contribution in [0.2, 0.25) is 0 Å². The fourth-order valence-corrected chi connectivity index (χ4v) is 4.58. The largest absolute Gasteiger partial charge is 0.348 e. The molecule has 0 saturated heterocycles. The highest BCUT2D eigenvalue weighted by Crippen LogP contribution is 2.14. The van der Waals surface area contributed by atoms with E-state index < -0.39 is 10.0 Å².